The van der Waals surface area contributed by atoms with Gasteiger partial charge < -0.3 is 14.5 Å². The molecule has 4 heterocycles. The molecule has 3 aromatic rings. The van der Waals surface area contributed by atoms with E-state index >= 15 is 0 Å². The van der Waals surface area contributed by atoms with Gasteiger partial charge in [0.05, 0.1) is 17.8 Å². The highest BCUT2D eigenvalue weighted by Gasteiger charge is 2.46. The third-order valence-corrected chi connectivity index (χ3v) is 11.2. The summed E-state index contributed by atoms with van der Waals surface area (Å²) in [4.78, 5) is 33.0. The molecule has 256 valence electrons. The smallest absolute Gasteiger partial charge is 0.416 e. The van der Waals surface area contributed by atoms with E-state index in [4.69, 9.17) is 4.74 Å². The van der Waals surface area contributed by atoms with Crippen molar-refractivity contribution in [3.8, 4) is 0 Å². The summed E-state index contributed by atoms with van der Waals surface area (Å²) in [6, 6.07) is 10.5. The van der Waals surface area contributed by atoms with Gasteiger partial charge in [0.2, 0.25) is 0 Å². The Morgan fingerprint density at radius 3 is 2.54 bits per heavy atom. The molecular formula is C36H42F3N5O3S. The molecule has 4 aliphatic rings. The lowest BCUT2D eigenvalue weighted by atomic mass is 9.71. The molecule has 1 aliphatic carbocycles. The van der Waals surface area contributed by atoms with E-state index in [0.29, 0.717) is 49.9 Å². The number of alkyl halides is 3. The average Bonchev–Trinajstić information content (AvgIpc) is 3.77. The van der Waals surface area contributed by atoms with Crippen LogP contribution in [-0.2, 0) is 24.0 Å². The molecule has 2 aromatic carbocycles. The maximum Gasteiger partial charge on any atom is 0.416 e. The molecule has 3 aliphatic heterocycles. The molecule has 0 unspecified atom stereocenters. The maximum atomic E-state index is 14.6. The van der Waals surface area contributed by atoms with Crippen LogP contribution in [-0.4, -0.2) is 63.2 Å². The molecule has 2 atom stereocenters. The minimum Gasteiger partial charge on any atom is -0.444 e. The Bertz CT molecular complexity index is 1730. The maximum absolute atomic E-state index is 14.6. The molecule has 1 spiro atoms. The molecular weight excluding hydrogens is 639 g/mol. The van der Waals surface area contributed by atoms with E-state index in [9.17, 15) is 22.8 Å². The topological polar surface area (TPSA) is 78.9 Å². The zero-order valence-corrected chi connectivity index (χ0v) is 28.7. The second-order valence-electron chi connectivity index (χ2n) is 15.1. The number of hydrogen-bond donors (Lipinski definition) is 0. The lowest BCUT2D eigenvalue weighted by Crippen LogP contribution is -2.37. The monoisotopic (exact) mass is 681 g/mol. The van der Waals surface area contributed by atoms with Crippen LogP contribution in [0, 0.1) is 18.3 Å². The number of rotatable bonds is 6. The number of likely N-dealkylation sites (tertiary alicyclic amines) is 2. The summed E-state index contributed by atoms with van der Waals surface area (Å²) in [7, 11) is 0. The van der Waals surface area contributed by atoms with Crippen LogP contribution in [0.5, 0.6) is 0 Å². The molecule has 2 saturated heterocycles. The van der Waals surface area contributed by atoms with Crippen LogP contribution in [0.3, 0.4) is 0 Å². The van der Waals surface area contributed by atoms with E-state index in [2.05, 4.69) is 14.5 Å². The van der Waals surface area contributed by atoms with Crippen LogP contribution in [0.2, 0.25) is 0 Å². The predicted molar refractivity (Wildman–Crippen MR) is 177 cm³/mol. The van der Waals surface area contributed by atoms with Crippen LogP contribution < -0.4 is 4.90 Å². The first kappa shape index (κ1) is 33.0. The molecule has 12 heteroatoms. The predicted octanol–water partition coefficient (Wildman–Crippen LogP) is 7.79. The van der Waals surface area contributed by atoms with Crippen molar-refractivity contribution in [3.63, 3.8) is 0 Å². The van der Waals surface area contributed by atoms with Gasteiger partial charge in [-0.15, -0.1) is 5.10 Å². The van der Waals surface area contributed by atoms with Gasteiger partial charge in [-0.25, -0.2) is 4.79 Å². The number of nitrogens with zero attached hydrogens (tertiary/aromatic N) is 5. The van der Waals surface area contributed by atoms with E-state index in [0.717, 1.165) is 48.2 Å². The van der Waals surface area contributed by atoms with Crippen LogP contribution >= 0.6 is 11.5 Å². The minimum absolute atomic E-state index is 0.0263. The first-order valence-electron chi connectivity index (χ1n) is 16.8. The first-order valence-corrected chi connectivity index (χ1v) is 17.6. The van der Waals surface area contributed by atoms with Crippen molar-refractivity contribution in [2.75, 3.05) is 31.1 Å². The lowest BCUT2D eigenvalue weighted by Gasteiger charge is -2.34. The quantitative estimate of drug-likeness (QED) is 0.264. The molecule has 2 amide bonds. The van der Waals surface area contributed by atoms with Crippen molar-refractivity contribution in [1.82, 2.24) is 19.4 Å². The Labute approximate surface area is 283 Å². The van der Waals surface area contributed by atoms with Crippen molar-refractivity contribution in [1.29, 1.82) is 0 Å². The zero-order valence-electron chi connectivity index (χ0n) is 27.9. The summed E-state index contributed by atoms with van der Waals surface area (Å²) in [5.41, 5.74) is 1.72. The van der Waals surface area contributed by atoms with Crippen molar-refractivity contribution in [3.05, 3.63) is 74.8 Å². The van der Waals surface area contributed by atoms with Gasteiger partial charge in [0.1, 0.15) is 5.60 Å². The first-order chi connectivity index (χ1) is 22.7. The summed E-state index contributed by atoms with van der Waals surface area (Å²) in [5.74, 6) is 0.0423. The number of carbonyl (C=O) groups is 2. The molecule has 0 radical (unpaired) electrons. The second kappa shape index (κ2) is 12.1. The van der Waals surface area contributed by atoms with Crippen molar-refractivity contribution in [2.24, 2.45) is 11.3 Å². The second-order valence-corrected chi connectivity index (χ2v) is 16.1. The standard InChI is InChI=1S/C36H42F3N5O3S/c1-22-31(40-41-48-22)30(24-7-5-8-24)25-9-6-10-26(17-25)44-19-28-27(32(44)45)15-23(16-29(28)36(37,38)39)18-42-13-11-35(20-42)12-14-43(21-35)33(46)47-34(2,3)4/h6,9-10,15-17,24,30H,5,7-8,11-14,18-21H2,1-4H3/t30-,35+/m1/s1. The number of aryl methyl sites for hydroxylation is 1. The molecule has 8 nitrogen and oxygen atoms in total. The third-order valence-electron chi connectivity index (χ3n) is 10.6. The number of amides is 2. The molecule has 1 aromatic heterocycles. The fraction of sp³-hybridized carbons (Fsp3) is 0.556. The van der Waals surface area contributed by atoms with Crippen molar-refractivity contribution in [2.45, 2.75) is 90.6 Å². The average molecular weight is 682 g/mol. The number of fused-ring (bicyclic) bond motifs is 1. The number of carbonyl (C=O) groups excluding carboxylic acids is 2. The van der Waals surface area contributed by atoms with Gasteiger partial charge in [-0.3, -0.25) is 9.69 Å². The molecule has 1 saturated carbocycles. The van der Waals surface area contributed by atoms with Crippen LogP contribution in [0.25, 0.3) is 0 Å². The fourth-order valence-electron chi connectivity index (χ4n) is 8.03. The van der Waals surface area contributed by atoms with Crippen LogP contribution in [0.1, 0.15) is 102 Å². The Balaban J connectivity index is 1.11. The van der Waals surface area contributed by atoms with Crippen LogP contribution in [0.15, 0.2) is 36.4 Å². The number of benzene rings is 2. The summed E-state index contributed by atoms with van der Waals surface area (Å²) >= 11 is 1.37. The summed E-state index contributed by atoms with van der Waals surface area (Å²) in [6.45, 7) is 10.3. The summed E-state index contributed by atoms with van der Waals surface area (Å²) in [5, 5.41) is 4.44. The Hall–Kier alpha value is -3.51. The normalized spacial score (nSPS) is 22.4. The van der Waals surface area contributed by atoms with Gasteiger partial charge >= 0.3 is 12.3 Å². The SMILES string of the molecule is Cc1snnc1[C@@H](c1cccc(N2Cc3c(cc(CN4CC[C@]5(CCN(C(=O)OC(C)(C)C)C5)C4)cc3C(F)(F)F)C2=O)c1)C1CCC1. The number of hydrogen-bond acceptors (Lipinski definition) is 7. The van der Waals surface area contributed by atoms with E-state index in [1.807, 2.05) is 45.9 Å². The van der Waals surface area contributed by atoms with Gasteiger partial charge in [0.25, 0.3) is 5.91 Å². The highest BCUT2D eigenvalue weighted by Crippen LogP contribution is 2.46. The summed E-state index contributed by atoms with van der Waals surface area (Å²) < 4.78 is 53.4. The molecule has 0 N–H and O–H groups in total. The Morgan fingerprint density at radius 1 is 1.10 bits per heavy atom. The lowest BCUT2D eigenvalue weighted by molar-refractivity contribution is -0.138. The number of ether oxygens (including phenoxy) is 1. The van der Waals surface area contributed by atoms with Gasteiger partial charge in [-0.05, 0) is 118 Å². The van der Waals surface area contributed by atoms with Crippen molar-refractivity contribution < 1.29 is 27.5 Å². The van der Waals surface area contributed by atoms with Gasteiger partial charge in [-0.1, -0.05) is 23.0 Å². The van der Waals surface area contributed by atoms with Gasteiger partial charge in [-0.2, -0.15) is 13.2 Å². The third kappa shape index (κ3) is 6.33. The molecule has 7 rings (SSSR count). The minimum atomic E-state index is -4.60. The molecule has 48 heavy (non-hydrogen) atoms. The fourth-order valence-corrected chi connectivity index (χ4v) is 8.54. The van der Waals surface area contributed by atoms with E-state index in [-0.39, 0.29) is 35.1 Å². The Morgan fingerprint density at radius 2 is 1.88 bits per heavy atom. The largest absolute Gasteiger partial charge is 0.444 e. The van der Waals surface area contributed by atoms with E-state index in [1.54, 1.807) is 17.0 Å². The molecule has 0 bridgehead atoms. The van der Waals surface area contributed by atoms with Crippen molar-refractivity contribution >= 4 is 29.2 Å². The highest BCUT2D eigenvalue weighted by atomic mass is 32.1. The number of halogens is 3. The van der Waals surface area contributed by atoms with Gasteiger partial charge in [0.15, 0.2) is 0 Å². The number of aromatic nitrogens is 2. The molecule has 3 fully saturated rings. The van der Waals surface area contributed by atoms with Gasteiger partial charge in [0, 0.05) is 53.6 Å². The highest BCUT2D eigenvalue weighted by molar-refractivity contribution is 7.05. The zero-order chi connectivity index (χ0) is 34.0. The van der Waals surface area contributed by atoms with Crippen LogP contribution in [0.4, 0.5) is 23.7 Å². The van der Waals surface area contributed by atoms with E-state index in [1.165, 1.54) is 22.5 Å². The Kier molecular flexibility index (Phi) is 8.33. The summed E-state index contributed by atoms with van der Waals surface area (Å²) in [6.07, 6.45) is 0.0685. The van der Waals surface area contributed by atoms with E-state index < -0.39 is 23.2 Å². The number of anilines is 1.